The zero-order chi connectivity index (χ0) is 4.12. The Morgan fingerprint density at radius 3 is 2.33 bits per heavy atom. The molecule has 0 aromatic heterocycles. The Kier molecular flexibility index (Phi) is 13.8. The Morgan fingerprint density at radius 2 is 2.33 bits per heavy atom. The van der Waals surface area contributed by atoms with Crippen molar-refractivity contribution in [3.8, 4) is 0 Å². The summed E-state index contributed by atoms with van der Waals surface area (Å²) in [5, 5.41) is 0. The fourth-order valence-corrected chi connectivity index (χ4v) is 0.0680. The van der Waals surface area contributed by atoms with Gasteiger partial charge in [0.05, 0.1) is 6.61 Å². The average Bonchev–Trinajstić information content (AvgIpc) is 1.41. The molecule has 6 heavy (non-hydrogen) atoms. The van der Waals surface area contributed by atoms with Crippen LogP contribution in [0.15, 0.2) is 0 Å². The summed E-state index contributed by atoms with van der Waals surface area (Å²) in [7, 11) is 0. The maximum atomic E-state index is 9.18. The minimum Gasteiger partial charge on any atom is -0.468 e. The van der Waals surface area contributed by atoms with Gasteiger partial charge < -0.3 is 4.74 Å². The van der Waals surface area contributed by atoms with Gasteiger partial charge in [-0.25, -0.2) is 0 Å². The molecule has 0 atom stereocenters. The van der Waals surface area contributed by atoms with Crippen LogP contribution in [0.5, 0.6) is 0 Å². The van der Waals surface area contributed by atoms with Crippen molar-refractivity contribution in [2.45, 2.75) is 6.92 Å². The van der Waals surface area contributed by atoms with E-state index in [2.05, 4.69) is 4.74 Å². The summed E-state index contributed by atoms with van der Waals surface area (Å²) >= 11 is 0. The number of hydrogen-bond donors (Lipinski definition) is 0. The zero-order valence-electron chi connectivity index (χ0n) is 3.42. The molecule has 40 valence electrons. The number of ether oxygens (including phenoxy) is 1. The molecule has 0 spiro atoms. The van der Waals surface area contributed by atoms with E-state index in [1.165, 1.54) is 0 Å². The molecule has 0 aliphatic rings. The van der Waals surface area contributed by atoms with Crippen molar-refractivity contribution in [2.75, 3.05) is 6.61 Å². The fourth-order valence-electron chi connectivity index (χ4n) is 0.0680. The molecule has 2 nitrogen and oxygen atoms in total. The molecular weight excluding hydrogens is 127 g/mol. The minimum absolute atomic E-state index is 0. The van der Waals surface area contributed by atoms with Gasteiger partial charge in [0.2, 0.25) is 0 Å². The molecular formula is C3H6NiO2. The third-order valence-corrected chi connectivity index (χ3v) is 0.235. The molecule has 0 saturated heterocycles. The number of carbonyl (C=O) groups is 1. The predicted octanol–water partition coefficient (Wildman–Crippen LogP) is 0.177. The smallest absolute Gasteiger partial charge is 0.293 e. The normalized spacial score (nSPS) is 5.50. The van der Waals surface area contributed by atoms with Crippen molar-refractivity contribution in [1.82, 2.24) is 0 Å². The van der Waals surface area contributed by atoms with Crippen LogP contribution in [0.1, 0.15) is 6.92 Å². The standard InChI is InChI=1S/C3H6O2.Ni/c1-2-5-3-4;/h3H,2H2,1H3;. The zero-order valence-corrected chi connectivity index (χ0v) is 4.40. The second-order valence-corrected chi connectivity index (χ2v) is 0.552. The summed E-state index contributed by atoms with van der Waals surface area (Å²) in [4.78, 5) is 9.18. The third-order valence-electron chi connectivity index (χ3n) is 0.235. The maximum Gasteiger partial charge on any atom is 0.293 e. The quantitative estimate of drug-likeness (QED) is 0.396. The van der Waals surface area contributed by atoms with Crippen molar-refractivity contribution in [3.05, 3.63) is 0 Å². The van der Waals surface area contributed by atoms with Crippen LogP contribution in [0.25, 0.3) is 0 Å². The predicted molar refractivity (Wildman–Crippen MR) is 17.7 cm³/mol. The van der Waals surface area contributed by atoms with E-state index in [1.807, 2.05) is 0 Å². The van der Waals surface area contributed by atoms with Crippen molar-refractivity contribution in [2.24, 2.45) is 0 Å². The molecule has 0 unspecified atom stereocenters. The van der Waals surface area contributed by atoms with Gasteiger partial charge in [0, 0.05) is 16.5 Å². The van der Waals surface area contributed by atoms with Gasteiger partial charge >= 0.3 is 0 Å². The van der Waals surface area contributed by atoms with Gasteiger partial charge in [-0.05, 0) is 6.92 Å². The summed E-state index contributed by atoms with van der Waals surface area (Å²) in [5.74, 6) is 0. The van der Waals surface area contributed by atoms with E-state index in [0.717, 1.165) is 0 Å². The second kappa shape index (κ2) is 8.88. The molecule has 0 bridgehead atoms. The third kappa shape index (κ3) is 9.03. The molecule has 0 heterocycles. The first-order valence-corrected chi connectivity index (χ1v) is 1.47. The number of carbonyl (C=O) groups excluding carboxylic acids is 1. The molecule has 0 aliphatic carbocycles. The van der Waals surface area contributed by atoms with Crippen molar-refractivity contribution >= 4 is 6.47 Å². The minimum atomic E-state index is 0. The Morgan fingerprint density at radius 1 is 1.83 bits per heavy atom. The average molecular weight is 133 g/mol. The molecule has 3 heteroatoms. The molecule has 0 aromatic carbocycles. The van der Waals surface area contributed by atoms with Gasteiger partial charge in [0.25, 0.3) is 6.47 Å². The van der Waals surface area contributed by atoms with Gasteiger partial charge in [0.1, 0.15) is 0 Å². The van der Waals surface area contributed by atoms with E-state index in [4.69, 9.17) is 0 Å². The van der Waals surface area contributed by atoms with Gasteiger partial charge in [-0.3, -0.25) is 4.79 Å². The SMILES string of the molecule is CCOC=O.[Ni]. The van der Waals surface area contributed by atoms with Crippen LogP contribution in [-0.2, 0) is 26.0 Å². The van der Waals surface area contributed by atoms with E-state index in [9.17, 15) is 4.79 Å². The van der Waals surface area contributed by atoms with Crippen LogP contribution in [0, 0.1) is 0 Å². The monoisotopic (exact) mass is 132 g/mol. The largest absolute Gasteiger partial charge is 0.468 e. The summed E-state index contributed by atoms with van der Waals surface area (Å²) in [6.07, 6.45) is 0. The number of hydrogen-bond acceptors (Lipinski definition) is 2. The fraction of sp³-hybridized carbons (Fsp3) is 0.667. The van der Waals surface area contributed by atoms with E-state index < -0.39 is 0 Å². The van der Waals surface area contributed by atoms with Gasteiger partial charge in [-0.1, -0.05) is 0 Å². The molecule has 0 saturated carbocycles. The van der Waals surface area contributed by atoms with E-state index in [0.29, 0.717) is 13.1 Å². The molecule has 0 radical (unpaired) electrons. The van der Waals surface area contributed by atoms with E-state index in [1.54, 1.807) is 6.92 Å². The first-order chi connectivity index (χ1) is 2.41. The van der Waals surface area contributed by atoms with Crippen LogP contribution in [-0.4, -0.2) is 13.1 Å². The Balaban J connectivity index is 0. The van der Waals surface area contributed by atoms with Gasteiger partial charge in [-0.2, -0.15) is 0 Å². The van der Waals surface area contributed by atoms with E-state index >= 15 is 0 Å². The van der Waals surface area contributed by atoms with Crippen LogP contribution in [0.4, 0.5) is 0 Å². The van der Waals surface area contributed by atoms with Crippen molar-refractivity contribution in [3.63, 3.8) is 0 Å². The van der Waals surface area contributed by atoms with Gasteiger partial charge in [-0.15, -0.1) is 0 Å². The van der Waals surface area contributed by atoms with Crippen LogP contribution in [0.2, 0.25) is 0 Å². The van der Waals surface area contributed by atoms with Crippen LogP contribution >= 0.6 is 0 Å². The van der Waals surface area contributed by atoms with Crippen LogP contribution in [0.3, 0.4) is 0 Å². The molecule has 0 N–H and O–H groups in total. The van der Waals surface area contributed by atoms with Gasteiger partial charge in [0.15, 0.2) is 0 Å². The Labute approximate surface area is 46.8 Å². The second-order valence-electron chi connectivity index (χ2n) is 0.552. The summed E-state index contributed by atoms with van der Waals surface area (Å²) in [5.41, 5.74) is 0. The molecule has 0 aliphatic heterocycles. The van der Waals surface area contributed by atoms with Crippen molar-refractivity contribution < 1.29 is 26.0 Å². The van der Waals surface area contributed by atoms with E-state index in [-0.39, 0.29) is 16.5 Å². The topological polar surface area (TPSA) is 26.3 Å². The number of rotatable bonds is 2. The Bertz CT molecular complexity index is 30.0. The van der Waals surface area contributed by atoms with Crippen LogP contribution < -0.4 is 0 Å². The summed E-state index contributed by atoms with van der Waals surface area (Å²) in [6, 6.07) is 0. The molecule has 0 fully saturated rings. The summed E-state index contributed by atoms with van der Waals surface area (Å²) < 4.78 is 4.15. The van der Waals surface area contributed by atoms with Crippen molar-refractivity contribution in [1.29, 1.82) is 0 Å². The Hall–Kier alpha value is -0.0365. The first-order valence-electron chi connectivity index (χ1n) is 1.47. The molecule has 0 rings (SSSR count). The molecule has 0 aromatic rings. The summed E-state index contributed by atoms with van der Waals surface area (Å²) in [6.45, 7) is 2.66. The molecule has 0 amide bonds. The maximum absolute atomic E-state index is 9.18. The first kappa shape index (κ1) is 9.35.